The molecule has 0 unspecified atom stereocenters. The molecule has 3 aliphatic rings. The number of nitrogens with one attached hydrogen (secondary N) is 1. The number of carbonyl (C=O) groups is 3. The van der Waals surface area contributed by atoms with E-state index in [4.69, 9.17) is 9.47 Å². The largest absolute Gasteiger partial charge is 0.478 e. The van der Waals surface area contributed by atoms with Crippen molar-refractivity contribution in [2.75, 3.05) is 44.7 Å². The Balaban J connectivity index is 1.28. The van der Waals surface area contributed by atoms with Crippen LogP contribution in [0, 0.1) is 0 Å². The second-order valence-electron chi connectivity index (χ2n) is 10.4. The van der Waals surface area contributed by atoms with Gasteiger partial charge >= 0.3 is 18.0 Å². The summed E-state index contributed by atoms with van der Waals surface area (Å²) in [5.41, 5.74) is 0.571. The molecule has 0 radical (unpaired) electrons. The molecule has 0 bridgehead atoms. The lowest BCUT2D eigenvalue weighted by Gasteiger charge is -2.37. The number of amides is 2. The van der Waals surface area contributed by atoms with Gasteiger partial charge in [-0.3, -0.25) is 14.8 Å². The smallest absolute Gasteiger partial charge is 0.347 e. The van der Waals surface area contributed by atoms with Crippen LogP contribution in [0.15, 0.2) is 52.1 Å². The Hall–Kier alpha value is -3.97. The summed E-state index contributed by atoms with van der Waals surface area (Å²) in [6, 6.07) is 6.40. The van der Waals surface area contributed by atoms with E-state index >= 15 is 0 Å². The molecule has 4 heterocycles. The molecule has 1 aromatic heterocycles. The highest BCUT2D eigenvalue weighted by Gasteiger charge is 2.42. The summed E-state index contributed by atoms with van der Waals surface area (Å²) in [6.45, 7) is 7.65. The minimum absolute atomic E-state index is 0.0292. The first-order valence-electron chi connectivity index (χ1n) is 13.0. The zero-order chi connectivity index (χ0) is 28.6. The van der Waals surface area contributed by atoms with E-state index in [1.165, 1.54) is 32.3 Å². The molecule has 212 valence electrons. The Morgan fingerprint density at radius 2 is 1.95 bits per heavy atom. The molecule has 5 rings (SSSR count). The minimum atomic E-state index is -1.36. The molecule has 0 saturated carbocycles. The van der Waals surface area contributed by atoms with E-state index in [-0.39, 0.29) is 18.1 Å². The third-order valence-corrected chi connectivity index (χ3v) is 8.01. The predicted octanol–water partition coefficient (Wildman–Crippen LogP) is 2.18. The quantitative estimate of drug-likeness (QED) is 0.459. The summed E-state index contributed by atoms with van der Waals surface area (Å²) < 4.78 is 10.6. The Morgan fingerprint density at radius 3 is 2.60 bits per heavy atom. The van der Waals surface area contributed by atoms with E-state index in [0.29, 0.717) is 55.6 Å². The van der Waals surface area contributed by atoms with Crippen LogP contribution in [0.25, 0.3) is 0 Å². The SMILES string of the molecule is COC(=O)C1=C(CN2CCN3C(=O)N(c4ccc(OC(C)(C)C(=O)O)cc4)C[C@@H]3C2)NC(c2nccs2)=N[C@H]1C. The maximum absolute atomic E-state index is 13.3. The van der Waals surface area contributed by atoms with Gasteiger partial charge in [0.25, 0.3) is 0 Å². The third kappa shape index (κ3) is 5.39. The van der Waals surface area contributed by atoms with Gasteiger partial charge in [-0.05, 0) is 45.0 Å². The number of piperazine rings is 1. The zero-order valence-electron chi connectivity index (χ0n) is 22.8. The first-order chi connectivity index (χ1) is 19.1. The van der Waals surface area contributed by atoms with Crippen molar-refractivity contribution in [2.24, 2.45) is 4.99 Å². The fourth-order valence-corrected chi connectivity index (χ4v) is 5.71. The van der Waals surface area contributed by atoms with Gasteiger partial charge in [-0.2, -0.15) is 0 Å². The van der Waals surface area contributed by atoms with Crippen molar-refractivity contribution in [3.05, 3.63) is 52.1 Å². The van der Waals surface area contributed by atoms with Gasteiger partial charge in [0.1, 0.15) is 5.75 Å². The number of nitrogens with zero attached hydrogens (tertiary/aromatic N) is 5. The van der Waals surface area contributed by atoms with E-state index in [2.05, 4.69) is 20.2 Å². The topological polar surface area (TPSA) is 137 Å². The molecule has 2 fully saturated rings. The maximum Gasteiger partial charge on any atom is 0.347 e. The van der Waals surface area contributed by atoms with Gasteiger partial charge in [-0.1, -0.05) is 0 Å². The fourth-order valence-electron chi connectivity index (χ4n) is 5.12. The normalized spacial score (nSPS) is 21.6. The number of esters is 1. The predicted molar refractivity (Wildman–Crippen MR) is 149 cm³/mol. The molecule has 2 amide bonds. The molecule has 3 aliphatic heterocycles. The van der Waals surface area contributed by atoms with E-state index in [1.807, 2.05) is 17.2 Å². The Kier molecular flexibility index (Phi) is 7.51. The van der Waals surface area contributed by atoms with Crippen molar-refractivity contribution in [1.29, 1.82) is 0 Å². The number of hydrogen-bond acceptors (Lipinski definition) is 10. The number of aromatic nitrogens is 1. The van der Waals surface area contributed by atoms with Gasteiger partial charge in [0.2, 0.25) is 0 Å². The number of benzene rings is 1. The lowest BCUT2D eigenvalue weighted by atomic mass is 10.0. The first-order valence-corrected chi connectivity index (χ1v) is 13.8. The highest BCUT2D eigenvalue weighted by molar-refractivity contribution is 7.11. The Morgan fingerprint density at radius 1 is 1.20 bits per heavy atom. The number of fused-ring (bicyclic) bond motifs is 1. The summed E-state index contributed by atoms with van der Waals surface area (Å²) in [4.78, 5) is 52.1. The fraction of sp³-hybridized carbons (Fsp3) is 0.444. The summed E-state index contributed by atoms with van der Waals surface area (Å²) in [5.74, 6) is -0.440. The number of hydrogen-bond donors (Lipinski definition) is 2. The number of methoxy groups -OCH3 is 1. The number of thiazole rings is 1. The molecular weight excluding hydrogens is 536 g/mol. The maximum atomic E-state index is 13.3. The number of carboxylic acid groups (broad SMARTS) is 1. The number of aliphatic imine (C=N–C) groups is 1. The Labute approximate surface area is 235 Å². The van der Waals surface area contributed by atoms with Crippen molar-refractivity contribution in [3.63, 3.8) is 0 Å². The zero-order valence-corrected chi connectivity index (χ0v) is 23.6. The van der Waals surface area contributed by atoms with Crippen LogP contribution in [-0.2, 0) is 14.3 Å². The third-order valence-electron chi connectivity index (χ3n) is 7.23. The minimum Gasteiger partial charge on any atom is -0.478 e. The van der Waals surface area contributed by atoms with E-state index in [9.17, 15) is 19.5 Å². The van der Waals surface area contributed by atoms with Crippen molar-refractivity contribution >= 4 is 40.8 Å². The monoisotopic (exact) mass is 568 g/mol. The molecule has 12 nitrogen and oxygen atoms in total. The summed E-state index contributed by atoms with van der Waals surface area (Å²) in [7, 11) is 1.36. The number of aliphatic carboxylic acids is 1. The second-order valence-corrected chi connectivity index (χ2v) is 11.3. The van der Waals surface area contributed by atoms with Gasteiger partial charge < -0.3 is 24.8 Å². The number of rotatable bonds is 8. The van der Waals surface area contributed by atoms with Gasteiger partial charge in [0.15, 0.2) is 16.4 Å². The molecule has 2 aromatic rings. The number of ether oxygens (including phenoxy) is 2. The van der Waals surface area contributed by atoms with E-state index in [1.54, 1.807) is 35.4 Å². The number of carboxylic acids is 1. The van der Waals surface area contributed by atoms with Crippen molar-refractivity contribution in [2.45, 2.75) is 38.5 Å². The average molecular weight is 569 g/mol. The Bertz CT molecular complexity index is 1360. The molecule has 1 aromatic carbocycles. The van der Waals surface area contributed by atoms with E-state index < -0.39 is 17.5 Å². The van der Waals surface area contributed by atoms with E-state index in [0.717, 1.165) is 10.7 Å². The molecule has 40 heavy (non-hydrogen) atoms. The molecule has 13 heteroatoms. The number of anilines is 1. The van der Waals surface area contributed by atoms with Crippen molar-refractivity contribution in [1.82, 2.24) is 20.1 Å². The van der Waals surface area contributed by atoms with Gasteiger partial charge in [-0.15, -0.1) is 11.3 Å². The number of amidine groups is 1. The second kappa shape index (κ2) is 10.9. The van der Waals surface area contributed by atoms with Gasteiger partial charge in [-0.25, -0.2) is 19.4 Å². The average Bonchev–Trinajstić information content (AvgIpc) is 3.57. The van der Waals surface area contributed by atoms with Crippen molar-refractivity contribution < 1.29 is 29.0 Å². The molecule has 2 atom stereocenters. The lowest BCUT2D eigenvalue weighted by molar-refractivity contribution is -0.152. The van der Waals surface area contributed by atoms with Crippen LogP contribution in [0.5, 0.6) is 5.75 Å². The molecule has 0 aliphatic carbocycles. The van der Waals surface area contributed by atoms with Gasteiger partial charge in [0.05, 0.1) is 24.8 Å². The van der Waals surface area contributed by atoms with Gasteiger partial charge in [0, 0.05) is 55.7 Å². The van der Waals surface area contributed by atoms with Crippen LogP contribution in [0.1, 0.15) is 25.8 Å². The number of urea groups is 1. The van der Waals surface area contributed by atoms with Crippen LogP contribution in [-0.4, -0.2) is 101 Å². The highest BCUT2D eigenvalue weighted by atomic mass is 32.1. The molecule has 2 N–H and O–H groups in total. The summed E-state index contributed by atoms with van der Waals surface area (Å²) >= 11 is 1.47. The summed E-state index contributed by atoms with van der Waals surface area (Å²) in [5, 5.41) is 15.3. The lowest BCUT2D eigenvalue weighted by Crippen LogP contribution is -2.53. The first kappa shape index (κ1) is 27.6. The van der Waals surface area contributed by atoms with Crippen molar-refractivity contribution in [3.8, 4) is 5.75 Å². The highest BCUT2D eigenvalue weighted by Crippen LogP contribution is 2.30. The van der Waals surface area contributed by atoms with Crippen LogP contribution in [0.2, 0.25) is 0 Å². The van der Waals surface area contributed by atoms with Crippen LogP contribution < -0.4 is 15.0 Å². The number of carbonyl (C=O) groups excluding carboxylic acids is 2. The standard InChI is InChI=1S/C27H32N6O6S/c1-16-21(24(34)38-4)20(30-22(29-16)23-28-9-12-40-23)15-31-10-11-32-18(13-31)14-33(26(32)37)17-5-7-19(8-6-17)39-27(2,3)25(35)36/h5-9,12,16,18H,10-11,13-15H2,1-4H3,(H,29,30)(H,35,36)/t16-,18-/m0/s1. The molecule has 2 saturated heterocycles. The van der Waals surface area contributed by atoms with Crippen LogP contribution in [0.4, 0.5) is 10.5 Å². The molecular formula is C27H32N6O6S. The van der Waals surface area contributed by atoms with Crippen LogP contribution in [0.3, 0.4) is 0 Å². The summed E-state index contributed by atoms with van der Waals surface area (Å²) in [6.07, 6.45) is 1.72. The molecule has 0 spiro atoms. The van der Waals surface area contributed by atoms with Crippen LogP contribution >= 0.6 is 11.3 Å².